The molecule has 1 aromatic carbocycles. The fraction of sp³-hybridized carbons (Fsp3) is 0.533. The monoisotopic (exact) mass is 284 g/mol. The first-order chi connectivity index (χ1) is 8.56. The molecule has 1 rings (SSSR count). The SMILES string of the molecule is CNC(C)CNC(=O)C(c1ccccc1)C(C)C.Cl. The standard InChI is InChI=1S/C15H24N2O.ClH/c1-11(2)14(13-8-6-5-7-9-13)15(18)17-10-12(3)16-4;/h5-9,11-12,14,16H,10H2,1-4H3,(H,17,18);1H. The maximum absolute atomic E-state index is 12.3. The Kier molecular flexibility index (Phi) is 8.44. The molecule has 2 atom stereocenters. The number of rotatable bonds is 6. The predicted molar refractivity (Wildman–Crippen MR) is 82.8 cm³/mol. The molecule has 0 aliphatic heterocycles. The molecular weight excluding hydrogens is 260 g/mol. The van der Waals surface area contributed by atoms with Crippen LogP contribution in [0.2, 0.25) is 0 Å². The number of halogens is 1. The van der Waals surface area contributed by atoms with Gasteiger partial charge in [-0.1, -0.05) is 44.2 Å². The fourth-order valence-corrected chi connectivity index (χ4v) is 1.97. The van der Waals surface area contributed by atoms with Gasteiger partial charge in [-0.25, -0.2) is 0 Å². The van der Waals surface area contributed by atoms with Crippen LogP contribution < -0.4 is 10.6 Å². The topological polar surface area (TPSA) is 41.1 Å². The van der Waals surface area contributed by atoms with Crippen molar-refractivity contribution in [1.82, 2.24) is 10.6 Å². The van der Waals surface area contributed by atoms with E-state index in [1.165, 1.54) is 0 Å². The van der Waals surface area contributed by atoms with Gasteiger partial charge in [0.25, 0.3) is 0 Å². The van der Waals surface area contributed by atoms with Crippen molar-refractivity contribution in [2.24, 2.45) is 5.92 Å². The minimum absolute atomic E-state index is 0. The van der Waals surface area contributed by atoms with Gasteiger partial charge >= 0.3 is 0 Å². The van der Waals surface area contributed by atoms with Crippen molar-refractivity contribution in [1.29, 1.82) is 0 Å². The van der Waals surface area contributed by atoms with E-state index >= 15 is 0 Å². The molecule has 0 bridgehead atoms. The second kappa shape index (κ2) is 8.94. The molecule has 1 aromatic rings. The molecule has 0 heterocycles. The average molecular weight is 285 g/mol. The van der Waals surface area contributed by atoms with Crippen LogP contribution in [0.4, 0.5) is 0 Å². The molecule has 0 aliphatic rings. The molecule has 0 saturated carbocycles. The summed E-state index contributed by atoms with van der Waals surface area (Å²) in [5, 5.41) is 6.13. The van der Waals surface area contributed by atoms with Crippen molar-refractivity contribution < 1.29 is 4.79 Å². The number of carbonyl (C=O) groups is 1. The van der Waals surface area contributed by atoms with Crippen LogP contribution in [0.1, 0.15) is 32.3 Å². The first-order valence-corrected chi connectivity index (χ1v) is 6.56. The molecule has 0 fully saturated rings. The highest BCUT2D eigenvalue weighted by Gasteiger charge is 2.23. The number of benzene rings is 1. The minimum Gasteiger partial charge on any atom is -0.354 e. The number of amides is 1. The summed E-state index contributed by atoms with van der Waals surface area (Å²) < 4.78 is 0. The van der Waals surface area contributed by atoms with E-state index in [-0.39, 0.29) is 36.2 Å². The average Bonchev–Trinajstić information content (AvgIpc) is 2.37. The van der Waals surface area contributed by atoms with E-state index in [0.29, 0.717) is 6.54 Å². The van der Waals surface area contributed by atoms with E-state index in [1.807, 2.05) is 44.3 Å². The van der Waals surface area contributed by atoms with Crippen molar-refractivity contribution in [3.05, 3.63) is 35.9 Å². The molecule has 0 aromatic heterocycles. The van der Waals surface area contributed by atoms with E-state index in [9.17, 15) is 4.79 Å². The summed E-state index contributed by atoms with van der Waals surface area (Å²) in [6.07, 6.45) is 0. The highest BCUT2D eigenvalue weighted by molar-refractivity contribution is 5.85. The Hall–Kier alpha value is -1.06. The summed E-state index contributed by atoms with van der Waals surface area (Å²) in [5.41, 5.74) is 1.09. The van der Waals surface area contributed by atoms with Gasteiger partial charge in [0.2, 0.25) is 5.91 Å². The molecule has 0 spiro atoms. The Bertz CT molecular complexity index is 368. The summed E-state index contributed by atoms with van der Waals surface area (Å²) in [6, 6.07) is 10.3. The van der Waals surface area contributed by atoms with E-state index in [2.05, 4.69) is 24.5 Å². The van der Waals surface area contributed by atoms with Gasteiger partial charge in [0.05, 0.1) is 5.92 Å². The van der Waals surface area contributed by atoms with Gasteiger partial charge in [-0.15, -0.1) is 12.4 Å². The lowest BCUT2D eigenvalue weighted by atomic mass is 9.87. The van der Waals surface area contributed by atoms with Gasteiger partial charge in [-0.3, -0.25) is 4.79 Å². The zero-order chi connectivity index (χ0) is 13.5. The summed E-state index contributed by atoms with van der Waals surface area (Å²) >= 11 is 0. The maximum Gasteiger partial charge on any atom is 0.227 e. The van der Waals surface area contributed by atoms with Crippen LogP contribution in [-0.4, -0.2) is 25.5 Å². The molecule has 0 radical (unpaired) electrons. The molecule has 4 heteroatoms. The van der Waals surface area contributed by atoms with Crippen LogP contribution in [-0.2, 0) is 4.79 Å². The second-order valence-corrected chi connectivity index (χ2v) is 5.07. The number of hydrogen-bond donors (Lipinski definition) is 2. The predicted octanol–water partition coefficient (Wildman–Crippen LogP) is 2.57. The van der Waals surface area contributed by atoms with Crippen LogP contribution >= 0.6 is 12.4 Å². The third kappa shape index (κ3) is 5.62. The van der Waals surface area contributed by atoms with Gasteiger partial charge in [0.15, 0.2) is 0 Å². The Balaban J connectivity index is 0.00000324. The molecule has 2 unspecified atom stereocenters. The third-order valence-electron chi connectivity index (χ3n) is 3.18. The van der Waals surface area contributed by atoms with Crippen molar-refractivity contribution in [3.8, 4) is 0 Å². The lowest BCUT2D eigenvalue weighted by Gasteiger charge is -2.22. The van der Waals surface area contributed by atoms with E-state index in [4.69, 9.17) is 0 Å². The van der Waals surface area contributed by atoms with Crippen molar-refractivity contribution >= 4 is 18.3 Å². The quantitative estimate of drug-likeness (QED) is 0.843. The Morgan fingerprint density at radius 2 is 1.74 bits per heavy atom. The maximum atomic E-state index is 12.3. The smallest absolute Gasteiger partial charge is 0.227 e. The fourth-order valence-electron chi connectivity index (χ4n) is 1.97. The van der Waals surface area contributed by atoms with E-state index in [0.717, 1.165) is 5.56 Å². The van der Waals surface area contributed by atoms with E-state index < -0.39 is 0 Å². The molecular formula is C15H25ClN2O. The van der Waals surface area contributed by atoms with Crippen LogP contribution in [0.3, 0.4) is 0 Å². The van der Waals surface area contributed by atoms with E-state index in [1.54, 1.807) is 0 Å². The molecule has 0 saturated heterocycles. The van der Waals surface area contributed by atoms with Gasteiger partial charge < -0.3 is 10.6 Å². The zero-order valence-electron chi connectivity index (χ0n) is 12.1. The van der Waals surface area contributed by atoms with Crippen LogP contribution in [0.5, 0.6) is 0 Å². The summed E-state index contributed by atoms with van der Waals surface area (Å²) in [5.74, 6) is 0.325. The second-order valence-electron chi connectivity index (χ2n) is 5.07. The first-order valence-electron chi connectivity index (χ1n) is 6.56. The van der Waals surface area contributed by atoms with Gasteiger partial charge in [0.1, 0.15) is 0 Å². The van der Waals surface area contributed by atoms with Crippen LogP contribution in [0.15, 0.2) is 30.3 Å². The Morgan fingerprint density at radius 3 is 2.21 bits per heavy atom. The van der Waals surface area contributed by atoms with Crippen molar-refractivity contribution in [2.75, 3.05) is 13.6 Å². The van der Waals surface area contributed by atoms with Gasteiger partial charge in [-0.2, -0.15) is 0 Å². The lowest BCUT2D eigenvalue weighted by molar-refractivity contribution is -0.123. The van der Waals surface area contributed by atoms with Gasteiger partial charge in [-0.05, 0) is 25.5 Å². The summed E-state index contributed by atoms with van der Waals surface area (Å²) in [6.45, 7) is 6.87. The number of hydrogen-bond acceptors (Lipinski definition) is 2. The largest absolute Gasteiger partial charge is 0.354 e. The Morgan fingerprint density at radius 1 is 1.16 bits per heavy atom. The first kappa shape index (κ1) is 17.9. The highest BCUT2D eigenvalue weighted by Crippen LogP contribution is 2.24. The van der Waals surface area contributed by atoms with Crippen LogP contribution in [0.25, 0.3) is 0 Å². The van der Waals surface area contributed by atoms with Crippen molar-refractivity contribution in [3.63, 3.8) is 0 Å². The summed E-state index contributed by atoms with van der Waals surface area (Å²) in [7, 11) is 1.90. The third-order valence-corrected chi connectivity index (χ3v) is 3.18. The van der Waals surface area contributed by atoms with Crippen molar-refractivity contribution in [2.45, 2.75) is 32.7 Å². The minimum atomic E-state index is -0.0738. The molecule has 2 N–H and O–H groups in total. The molecule has 19 heavy (non-hydrogen) atoms. The Labute approximate surface area is 122 Å². The molecule has 3 nitrogen and oxygen atoms in total. The molecule has 0 aliphatic carbocycles. The highest BCUT2D eigenvalue weighted by atomic mass is 35.5. The summed E-state index contributed by atoms with van der Waals surface area (Å²) in [4.78, 5) is 12.3. The normalized spacial score (nSPS) is 13.5. The van der Waals surface area contributed by atoms with Gasteiger partial charge in [0, 0.05) is 12.6 Å². The number of likely N-dealkylation sites (N-methyl/N-ethyl adjacent to an activating group) is 1. The number of carbonyl (C=O) groups excluding carboxylic acids is 1. The van der Waals surface area contributed by atoms with Crippen LogP contribution in [0, 0.1) is 5.92 Å². The number of nitrogens with one attached hydrogen (secondary N) is 2. The molecule has 1 amide bonds. The molecule has 108 valence electrons. The lowest BCUT2D eigenvalue weighted by Crippen LogP contribution is -2.40. The zero-order valence-corrected chi connectivity index (χ0v) is 13.0.